The maximum atomic E-state index is 12.4. The standard InChI is InChI=1S/C15H22N2O4S/c1-3-12-4-6-14(7-5-12)22(19,20)16-13-8-10-17(11-9-13)15(18)21-2/h4-7,13,16H,3,8-11H2,1-2H3. The van der Waals surface area contributed by atoms with E-state index >= 15 is 0 Å². The lowest BCUT2D eigenvalue weighted by Gasteiger charge is -2.31. The fourth-order valence-corrected chi connectivity index (χ4v) is 3.81. The molecule has 0 atom stereocenters. The molecule has 0 unspecified atom stereocenters. The Labute approximate surface area is 131 Å². The first kappa shape index (κ1) is 16.8. The highest BCUT2D eigenvalue weighted by atomic mass is 32.2. The van der Waals surface area contributed by atoms with Gasteiger partial charge in [0.05, 0.1) is 12.0 Å². The molecular formula is C15H22N2O4S. The quantitative estimate of drug-likeness (QED) is 0.915. The van der Waals surface area contributed by atoms with Crippen molar-refractivity contribution in [3.63, 3.8) is 0 Å². The van der Waals surface area contributed by atoms with Crippen LogP contribution in [0.4, 0.5) is 4.79 Å². The summed E-state index contributed by atoms with van der Waals surface area (Å²) in [6, 6.07) is 6.76. The predicted octanol–water partition coefficient (Wildman–Crippen LogP) is 1.76. The highest BCUT2D eigenvalue weighted by Gasteiger charge is 2.26. The number of piperidine rings is 1. The van der Waals surface area contributed by atoms with Crippen LogP contribution in [0.1, 0.15) is 25.3 Å². The van der Waals surface area contributed by atoms with Gasteiger partial charge in [-0.05, 0) is 37.0 Å². The molecule has 0 spiro atoms. The maximum absolute atomic E-state index is 12.4. The van der Waals surface area contributed by atoms with E-state index in [1.165, 1.54) is 7.11 Å². The zero-order chi connectivity index (χ0) is 16.2. The number of nitrogens with zero attached hydrogens (tertiary/aromatic N) is 1. The Morgan fingerprint density at radius 3 is 2.36 bits per heavy atom. The molecule has 1 aromatic rings. The zero-order valence-corrected chi connectivity index (χ0v) is 13.7. The largest absolute Gasteiger partial charge is 0.453 e. The van der Waals surface area contributed by atoms with Gasteiger partial charge in [0.2, 0.25) is 10.0 Å². The van der Waals surface area contributed by atoms with E-state index in [2.05, 4.69) is 9.46 Å². The summed E-state index contributed by atoms with van der Waals surface area (Å²) in [5, 5.41) is 0. The highest BCUT2D eigenvalue weighted by molar-refractivity contribution is 7.89. The van der Waals surface area contributed by atoms with Gasteiger partial charge in [-0.1, -0.05) is 19.1 Å². The molecule has 1 amide bonds. The molecule has 22 heavy (non-hydrogen) atoms. The van der Waals surface area contributed by atoms with Crippen LogP contribution >= 0.6 is 0 Å². The lowest BCUT2D eigenvalue weighted by atomic mass is 10.1. The van der Waals surface area contributed by atoms with E-state index in [1.54, 1.807) is 17.0 Å². The number of likely N-dealkylation sites (tertiary alicyclic amines) is 1. The Morgan fingerprint density at radius 1 is 1.27 bits per heavy atom. The summed E-state index contributed by atoms with van der Waals surface area (Å²) in [5.41, 5.74) is 1.10. The van der Waals surface area contributed by atoms with Crippen molar-refractivity contribution in [3.8, 4) is 0 Å². The van der Waals surface area contributed by atoms with Crippen molar-refractivity contribution in [3.05, 3.63) is 29.8 Å². The smallest absolute Gasteiger partial charge is 0.409 e. The molecule has 7 heteroatoms. The van der Waals surface area contributed by atoms with Crippen LogP contribution in [-0.2, 0) is 21.2 Å². The summed E-state index contributed by atoms with van der Waals surface area (Å²) >= 11 is 0. The number of ether oxygens (including phenoxy) is 1. The van der Waals surface area contributed by atoms with Crippen LogP contribution in [0.15, 0.2) is 29.2 Å². The number of rotatable bonds is 4. The molecule has 0 bridgehead atoms. The number of carbonyl (C=O) groups excluding carboxylic acids is 1. The third-order valence-electron chi connectivity index (χ3n) is 3.89. The van der Waals surface area contributed by atoms with Gasteiger partial charge in [0.25, 0.3) is 0 Å². The SMILES string of the molecule is CCc1ccc(S(=O)(=O)NC2CCN(C(=O)OC)CC2)cc1. The van der Waals surface area contributed by atoms with Gasteiger partial charge in [-0.2, -0.15) is 0 Å². The van der Waals surface area contributed by atoms with E-state index in [9.17, 15) is 13.2 Å². The molecule has 1 saturated heterocycles. The Bertz CT molecular complexity index is 605. The van der Waals surface area contributed by atoms with Crippen LogP contribution < -0.4 is 4.72 Å². The number of amides is 1. The second-order valence-corrected chi connectivity index (χ2v) is 7.06. The van der Waals surface area contributed by atoms with Crippen LogP contribution in [0, 0.1) is 0 Å². The Morgan fingerprint density at radius 2 is 1.86 bits per heavy atom. The number of carbonyl (C=O) groups is 1. The number of sulfonamides is 1. The van der Waals surface area contributed by atoms with Gasteiger partial charge < -0.3 is 9.64 Å². The molecule has 1 aliphatic rings. The molecule has 2 rings (SSSR count). The van der Waals surface area contributed by atoms with E-state index in [0.717, 1.165) is 12.0 Å². The number of nitrogens with one attached hydrogen (secondary N) is 1. The number of hydrogen-bond acceptors (Lipinski definition) is 4. The zero-order valence-electron chi connectivity index (χ0n) is 12.9. The lowest BCUT2D eigenvalue weighted by Crippen LogP contribution is -2.46. The van der Waals surface area contributed by atoms with Crippen LogP contribution in [0.25, 0.3) is 0 Å². The molecule has 1 N–H and O–H groups in total. The first-order chi connectivity index (χ1) is 10.5. The number of methoxy groups -OCH3 is 1. The van der Waals surface area contributed by atoms with E-state index in [-0.39, 0.29) is 17.0 Å². The molecule has 0 aliphatic carbocycles. The summed E-state index contributed by atoms with van der Waals surface area (Å²) in [4.78, 5) is 13.3. The lowest BCUT2D eigenvalue weighted by molar-refractivity contribution is 0.111. The van der Waals surface area contributed by atoms with Crippen molar-refractivity contribution >= 4 is 16.1 Å². The summed E-state index contributed by atoms with van der Waals surface area (Å²) in [6.45, 7) is 3.01. The van der Waals surface area contributed by atoms with Crippen molar-refractivity contribution in [2.24, 2.45) is 0 Å². The first-order valence-corrected chi connectivity index (χ1v) is 8.88. The molecular weight excluding hydrogens is 304 g/mol. The summed E-state index contributed by atoms with van der Waals surface area (Å²) in [6.07, 6.45) is 1.68. The van der Waals surface area contributed by atoms with Gasteiger partial charge in [0, 0.05) is 19.1 Å². The Kier molecular flexibility index (Phi) is 5.42. The second kappa shape index (κ2) is 7.11. The molecule has 0 saturated carbocycles. The fourth-order valence-electron chi connectivity index (χ4n) is 2.50. The van der Waals surface area contributed by atoms with Crippen molar-refractivity contribution < 1.29 is 17.9 Å². The molecule has 1 heterocycles. The van der Waals surface area contributed by atoms with E-state index in [4.69, 9.17) is 0 Å². The van der Waals surface area contributed by atoms with E-state index < -0.39 is 10.0 Å². The highest BCUT2D eigenvalue weighted by Crippen LogP contribution is 2.16. The van der Waals surface area contributed by atoms with Gasteiger partial charge >= 0.3 is 6.09 Å². The fraction of sp³-hybridized carbons (Fsp3) is 0.533. The average molecular weight is 326 g/mol. The van der Waals surface area contributed by atoms with Crippen LogP contribution in [0.5, 0.6) is 0 Å². The van der Waals surface area contributed by atoms with E-state index in [1.807, 2.05) is 19.1 Å². The van der Waals surface area contributed by atoms with E-state index in [0.29, 0.717) is 25.9 Å². The van der Waals surface area contributed by atoms with Gasteiger partial charge in [-0.15, -0.1) is 0 Å². The summed E-state index contributed by atoms with van der Waals surface area (Å²) in [7, 11) is -2.17. The number of aryl methyl sites for hydroxylation is 1. The predicted molar refractivity (Wildman–Crippen MR) is 83.1 cm³/mol. The summed E-state index contributed by atoms with van der Waals surface area (Å²) < 4.78 is 32.1. The van der Waals surface area contributed by atoms with Gasteiger partial charge in [0.1, 0.15) is 0 Å². The third kappa shape index (κ3) is 3.98. The minimum atomic E-state index is -3.51. The minimum absolute atomic E-state index is 0.156. The van der Waals surface area contributed by atoms with Gasteiger partial charge in [-0.25, -0.2) is 17.9 Å². The normalized spacial score (nSPS) is 16.5. The van der Waals surface area contributed by atoms with Crippen molar-refractivity contribution in [1.82, 2.24) is 9.62 Å². The van der Waals surface area contributed by atoms with Crippen LogP contribution in [-0.4, -0.2) is 45.7 Å². The monoisotopic (exact) mass is 326 g/mol. The molecule has 0 aromatic heterocycles. The van der Waals surface area contributed by atoms with Crippen molar-refractivity contribution in [2.45, 2.75) is 37.1 Å². The second-order valence-electron chi connectivity index (χ2n) is 5.35. The topological polar surface area (TPSA) is 75.7 Å². The third-order valence-corrected chi connectivity index (χ3v) is 5.43. The molecule has 1 aromatic carbocycles. The van der Waals surface area contributed by atoms with Crippen molar-refractivity contribution in [1.29, 1.82) is 0 Å². The molecule has 6 nitrogen and oxygen atoms in total. The molecule has 122 valence electrons. The molecule has 0 radical (unpaired) electrons. The average Bonchev–Trinajstić information content (AvgIpc) is 2.54. The number of benzene rings is 1. The van der Waals surface area contributed by atoms with Crippen LogP contribution in [0.3, 0.4) is 0 Å². The number of hydrogen-bond donors (Lipinski definition) is 1. The van der Waals surface area contributed by atoms with Gasteiger partial charge in [-0.3, -0.25) is 0 Å². The maximum Gasteiger partial charge on any atom is 0.409 e. The Balaban J connectivity index is 1.96. The minimum Gasteiger partial charge on any atom is -0.453 e. The molecule has 1 aliphatic heterocycles. The van der Waals surface area contributed by atoms with Crippen LogP contribution in [0.2, 0.25) is 0 Å². The first-order valence-electron chi connectivity index (χ1n) is 7.40. The summed E-state index contributed by atoms with van der Waals surface area (Å²) in [5.74, 6) is 0. The Hall–Kier alpha value is -1.60. The van der Waals surface area contributed by atoms with Gasteiger partial charge in [0.15, 0.2) is 0 Å². The van der Waals surface area contributed by atoms with Crippen molar-refractivity contribution in [2.75, 3.05) is 20.2 Å². The molecule has 1 fully saturated rings.